The molecule has 1 aromatic rings. The maximum atomic E-state index is 13.4. The van der Waals surface area contributed by atoms with Crippen molar-refractivity contribution < 1.29 is 8.78 Å². The van der Waals surface area contributed by atoms with Gasteiger partial charge >= 0.3 is 0 Å². The quantitative estimate of drug-likeness (QED) is 0.787. The van der Waals surface area contributed by atoms with Crippen molar-refractivity contribution in [1.29, 1.82) is 0 Å². The van der Waals surface area contributed by atoms with Crippen molar-refractivity contribution in [2.75, 3.05) is 13.1 Å². The summed E-state index contributed by atoms with van der Waals surface area (Å²) in [5, 5.41) is 3.45. The van der Waals surface area contributed by atoms with Gasteiger partial charge in [0.1, 0.15) is 11.6 Å². The van der Waals surface area contributed by atoms with Gasteiger partial charge in [0.2, 0.25) is 0 Å². The largest absolute Gasteiger partial charge is 0.316 e. The van der Waals surface area contributed by atoms with Crippen LogP contribution in [0.25, 0.3) is 0 Å². The molecule has 2 rings (SSSR count). The van der Waals surface area contributed by atoms with E-state index in [4.69, 9.17) is 0 Å². The molecular formula is C16H23F2N. The standard InChI is InChI=1S/C16H23F2N/c1-2-7-19-11-12-5-3-4-6-16(12)13-8-14(17)10-15(18)9-13/h8-10,12,16,19H,2-7,11H2,1H3. The third-order valence-electron chi connectivity index (χ3n) is 4.06. The number of benzene rings is 1. The van der Waals surface area contributed by atoms with E-state index in [1.807, 2.05) is 0 Å². The fourth-order valence-electron chi connectivity index (χ4n) is 3.14. The van der Waals surface area contributed by atoms with Crippen LogP contribution in [0.1, 0.15) is 50.5 Å². The Kier molecular flexibility index (Phi) is 5.32. The van der Waals surface area contributed by atoms with Gasteiger partial charge in [-0.25, -0.2) is 8.78 Å². The van der Waals surface area contributed by atoms with Crippen molar-refractivity contribution in [3.05, 3.63) is 35.4 Å². The highest BCUT2D eigenvalue weighted by molar-refractivity contribution is 5.23. The van der Waals surface area contributed by atoms with Crippen molar-refractivity contribution in [2.24, 2.45) is 5.92 Å². The van der Waals surface area contributed by atoms with Crippen LogP contribution in [0.5, 0.6) is 0 Å². The van der Waals surface area contributed by atoms with Gasteiger partial charge in [-0.05, 0) is 61.9 Å². The topological polar surface area (TPSA) is 12.0 Å². The lowest BCUT2D eigenvalue weighted by molar-refractivity contribution is 0.295. The van der Waals surface area contributed by atoms with Crippen LogP contribution >= 0.6 is 0 Å². The van der Waals surface area contributed by atoms with Gasteiger partial charge in [-0.3, -0.25) is 0 Å². The van der Waals surface area contributed by atoms with E-state index in [9.17, 15) is 8.78 Å². The zero-order chi connectivity index (χ0) is 13.7. The van der Waals surface area contributed by atoms with Crippen LogP contribution in [0, 0.1) is 17.6 Å². The Bertz CT molecular complexity index is 385. The number of hydrogen-bond acceptors (Lipinski definition) is 1. The maximum Gasteiger partial charge on any atom is 0.126 e. The van der Waals surface area contributed by atoms with E-state index in [0.29, 0.717) is 11.8 Å². The molecule has 2 atom stereocenters. The molecule has 1 saturated carbocycles. The van der Waals surface area contributed by atoms with Gasteiger partial charge in [0, 0.05) is 6.07 Å². The second-order valence-corrected chi connectivity index (χ2v) is 5.56. The fourth-order valence-corrected chi connectivity index (χ4v) is 3.14. The Balaban J connectivity index is 2.09. The van der Waals surface area contributed by atoms with E-state index >= 15 is 0 Å². The van der Waals surface area contributed by atoms with Crippen molar-refractivity contribution in [1.82, 2.24) is 5.32 Å². The van der Waals surface area contributed by atoms with Crippen LogP contribution < -0.4 is 5.32 Å². The van der Waals surface area contributed by atoms with Crippen molar-refractivity contribution in [3.8, 4) is 0 Å². The van der Waals surface area contributed by atoms with E-state index in [0.717, 1.165) is 50.4 Å². The highest BCUT2D eigenvalue weighted by Crippen LogP contribution is 2.37. The summed E-state index contributed by atoms with van der Waals surface area (Å²) in [6.07, 6.45) is 5.70. The Hall–Kier alpha value is -0.960. The fraction of sp³-hybridized carbons (Fsp3) is 0.625. The zero-order valence-corrected chi connectivity index (χ0v) is 11.6. The lowest BCUT2D eigenvalue weighted by Crippen LogP contribution is -2.30. The molecule has 106 valence electrons. The second kappa shape index (κ2) is 6.99. The summed E-state index contributed by atoms with van der Waals surface area (Å²) in [7, 11) is 0. The van der Waals surface area contributed by atoms with E-state index in [1.165, 1.54) is 18.6 Å². The van der Waals surface area contributed by atoms with Gasteiger partial charge < -0.3 is 5.32 Å². The summed E-state index contributed by atoms with van der Waals surface area (Å²) in [6.45, 7) is 4.12. The Labute approximate surface area is 114 Å². The van der Waals surface area contributed by atoms with Crippen molar-refractivity contribution in [3.63, 3.8) is 0 Å². The smallest absolute Gasteiger partial charge is 0.126 e. The Morgan fingerprint density at radius 1 is 1.11 bits per heavy atom. The summed E-state index contributed by atoms with van der Waals surface area (Å²) in [5.74, 6) is -0.119. The zero-order valence-electron chi connectivity index (χ0n) is 11.6. The third kappa shape index (κ3) is 4.00. The van der Waals surface area contributed by atoms with Crippen LogP contribution in [0.3, 0.4) is 0 Å². The molecule has 19 heavy (non-hydrogen) atoms. The number of nitrogens with one attached hydrogen (secondary N) is 1. The van der Waals surface area contributed by atoms with Crippen LogP contribution in [0.4, 0.5) is 8.78 Å². The van der Waals surface area contributed by atoms with E-state index < -0.39 is 11.6 Å². The average molecular weight is 267 g/mol. The Morgan fingerprint density at radius 3 is 2.47 bits per heavy atom. The molecule has 2 unspecified atom stereocenters. The van der Waals surface area contributed by atoms with E-state index in [-0.39, 0.29) is 0 Å². The predicted octanol–water partition coefficient (Wildman–Crippen LogP) is 4.24. The van der Waals surface area contributed by atoms with Gasteiger partial charge in [0.05, 0.1) is 0 Å². The first-order chi connectivity index (χ1) is 9.20. The summed E-state index contributed by atoms with van der Waals surface area (Å²) >= 11 is 0. The molecule has 0 radical (unpaired) electrons. The summed E-state index contributed by atoms with van der Waals surface area (Å²) in [6, 6.07) is 3.97. The lowest BCUT2D eigenvalue weighted by Gasteiger charge is -2.32. The van der Waals surface area contributed by atoms with Crippen LogP contribution in [-0.4, -0.2) is 13.1 Å². The van der Waals surface area contributed by atoms with Gasteiger partial charge in [0.25, 0.3) is 0 Å². The maximum absolute atomic E-state index is 13.4. The number of rotatable bonds is 5. The highest BCUT2D eigenvalue weighted by atomic mass is 19.1. The number of halogens is 2. The molecule has 1 fully saturated rings. The molecule has 1 aliphatic rings. The second-order valence-electron chi connectivity index (χ2n) is 5.56. The molecule has 1 aliphatic carbocycles. The van der Waals surface area contributed by atoms with E-state index in [2.05, 4.69) is 12.2 Å². The normalized spacial score (nSPS) is 23.5. The number of hydrogen-bond donors (Lipinski definition) is 1. The SMILES string of the molecule is CCCNCC1CCCCC1c1cc(F)cc(F)c1. The van der Waals surface area contributed by atoms with Gasteiger partial charge in [-0.1, -0.05) is 19.8 Å². The molecule has 0 bridgehead atoms. The van der Waals surface area contributed by atoms with Crippen molar-refractivity contribution in [2.45, 2.75) is 44.9 Å². The van der Waals surface area contributed by atoms with Crippen molar-refractivity contribution >= 4 is 0 Å². The first-order valence-corrected chi connectivity index (χ1v) is 7.37. The monoisotopic (exact) mass is 267 g/mol. The Morgan fingerprint density at radius 2 is 1.79 bits per heavy atom. The molecule has 3 heteroatoms. The van der Waals surface area contributed by atoms with Crippen LogP contribution in [0.15, 0.2) is 18.2 Å². The third-order valence-corrected chi connectivity index (χ3v) is 4.06. The lowest BCUT2D eigenvalue weighted by atomic mass is 9.75. The first kappa shape index (κ1) is 14.4. The average Bonchev–Trinajstić information content (AvgIpc) is 2.38. The van der Waals surface area contributed by atoms with Crippen LogP contribution in [0.2, 0.25) is 0 Å². The van der Waals surface area contributed by atoms with Crippen LogP contribution in [-0.2, 0) is 0 Å². The molecule has 0 amide bonds. The molecular weight excluding hydrogens is 244 g/mol. The minimum atomic E-state index is -0.458. The molecule has 0 aromatic heterocycles. The molecule has 1 aromatic carbocycles. The molecule has 1 nitrogen and oxygen atoms in total. The van der Waals surface area contributed by atoms with E-state index in [1.54, 1.807) is 0 Å². The molecule has 0 heterocycles. The summed E-state index contributed by atoms with van der Waals surface area (Å²) in [5.41, 5.74) is 0.834. The first-order valence-electron chi connectivity index (χ1n) is 7.37. The molecule has 0 spiro atoms. The molecule has 0 aliphatic heterocycles. The van der Waals surface area contributed by atoms with Gasteiger partial charge in [0.15, 0.2) is 0 Å². The highest BCUT2D eigenvalue weighted by Gasteiger charge is 2.26. The van der Waals surface area contributed by atoms with Gasteiger partial charge in [-0.2, -0.15) is 0 Å². The minimum absolute atomic E-state index is 0.295. The molecule has 0 saturated heterocycles. The molecule has 1 N–H and O–H groups in total. The summed E-state index contributed by atoms with van der Waals surface area (Å²) in [4.78, 5) is 0. The predicted molar refractivity (Wildman–Crippen MR) is 74.2 cm³/mol. The summed E-state index contributed by atoms with van der Waals surface area (Å²) < 4.78 is 26.7. The minimum Gasteiger partial charge on any atom is -0.316 e. The van der Waals surface area contributed by atoms with Gasteiger partial charge in [-0.15, -0.1) is 0 Å².